The molecule has 2 rings (SSSR count). The molecule has 0 heterocycles. The molecule has 0 bridgehead atoms. The van der Waals surface area contributed by atoms with Crippen LogP contribution in [0, 0.1) is 0 Å². The van der Waals surface area contributed by atoms with E-state index in [9.17, 15) is 14.4 Å². The molecular formula is C23H28N2O5. The molecule has 0 unspecified atom stereocenters. The van der Waals surface area contributed by atoms with Crippen LogP contribution in [-0.4, -0.2) is 48.6 Å². The van der Waals surface area contributed by atoms with Gasteiger partial charge in [0.15, 0.2) is 6.61 Å². The van der Waals surface area contributed by atoms with Gasteiger partial charge < -0.3 is 19.7 Å². The van der Waals surface area contributed by atoms with E-state index in [1.807, 2.05) is 74.5 Å². The third kappa shape index (κ3) is 7.58. The van der Waals surface area contributed by atoms with E-state index in [1.165, 1.54) is 0 Å². The normalized spacial score (nSPS) is 11.3. The van der Waals surface area contributed by atoms with Gasteiger partial charge in [0.1, 0.15) is 12.6 Å². The lowest BCUT2D eigenvalue weighted by Crippen LogP contribution is -2.45. The number of hydrogen-bond acceptors (Lipinski definition) is 5. The molecule has 0 aliphatic carbocycles. The molecule has 30 heavy (non-hydrogen) atoms. The number of esters is 1. The molecule has 0 saturated carbocycles. The van der Waals surface area contributed by atoms with Crippen LogP contribution in [0.25, 0.3) is 0 Å². The first kappa shape index (κ1) is 22.9. The van der Waals surface area contributed by atoms with Gasteiger partial charge in [0, 0.05) is 19.5 Å². The van der Waals surface area contributed by atoms with Gasteiger partial charge in [-0.05, 0) is 25.0 Å². The summed E-state index contributed by atoms with van der Waals surface area (Å²) < 4.78 is 10.4. The van der Waals surface area contributed by atoms with Crippen molar-refractivity contribution in [3.63, 3.8) is 0 Å². The largest absolute Gasteiger partial charge is 0.454 e. The summed E-state index contributed by atoms with van der Waals surface area (Å²) in [6.07, 6.45) is -0.508. The number of likely N-dealkylation sites (N-methyl/N-ethyl adjacent to an activating group) is 1. The van der Waals surface area contributed by atoms with Gasteiger partial charge in [-0.2, -0.15) is 0 Å². The van der Waals surface area contributed by atoms with Gasteiger partial charge >= 0.3 is 12.1 Å². The molecule has 0 spiro atoms. The Morgan fingerprint density at radius 3 is 2.00 bits per heavy atom. The maximum absolute atomic E-state index is 12.6. The highest BCUT2D eigenvalue weighted by Crippen LogP contribution is 2.07. The first-order valence-corrected chi connectivity index (χ1v) is 9.99. The lowest BCUT2D eigenvalue weighted by atomic mass is 10.1. The Morgan fingerprint density at radius 1 is 0.867 bits per heavy atom. The summed E-state index contributed by atoms with van der Waals surface area (Å²) in [6, 6.07) is 17.5. The molecule has 0 aromatic heterocycles. The molecule has 2 aromatic rings. The fraction of sp³-hybridized carbons (Fsp3) is 0.348. The molecule has 0 radical (unpaired) electrons. The summed E-state index contributed by atoms with van der Waals surface area (Å²) in [7, 11) is 0. The van der Waals surface area contributed by atoms with Gasteiger partial charge in [0.2, 0.25) is 0 Å². The number of ether oxygens (including phenoxy) is 2. The lowest BCUT2D eigenvalue weighted by Gasteiger charge is -2.20. The molecule has 160 valence electrons. The van der Waals surface area contributed by atoms with Crippen molar-refractivity contribution < 1.29 is 23.9 Å². The minimum Gasteiger partial charge on any atom is -0.454 e. The second kappa shape index (κ2) is 12.3. The van der Waals surface area contributed by atoms with Gasteiger partial charge in [-0.1, -0.05) is 60.7 Å². The lowest BCUT2D eigenvalue weighted by molar-refractivity contribution is -0.153. The third-order valence-electron chi connectivity index (χ3n) is 4.53. The predicted octanol–water partition coefficient (Wildman–Crippen LogP) is 2.94. The summed E-state index contributed by atoms with van der Waals surface area (Å²) in [4.78, 5) is 38.5. The SMILES string of the molecule is CCN(CC)C(=O)COC(=O)[C@H](Cc1ccccc1)NC(=O)OCc1ccccc1. The second-order valence-electron chi connectivity index (χ2n) is 6.62. The minimum absolute atomic E-state index is 0.0836. The van der Waals surface area contributed by atoms with E-state index >= 15 is 0 Å². The van der Waals surface area contributed by atoms with Crippen LogP contribution in [0.2, 0.25) is 0 Å². The van der Waals surface area contributed by atoms with Crippen molar-refractivity contribution in [1.82, 2.24) is 10.2 Å². The van der Waals surface area contributed by atoms with Crippen molar-refractivity contribution in [3.05, 3.63) is 71.8 Å². The summed E-state index contributed by atoms with van der Waals surface area (Å²) in [5.74, 6) is -0.963. The molecule has 2 amide bonds. The number of rotatable bonds is 10. The molecule has 1 N–H and O–H groups in total. The topological polar surface area (TPSA) is 84.9 Å². The zero-order valence-corrected chi connectivity index (χ0v) is 17.4. The maximum atomic E-state index is 12.6. The molecule has 0 aliphatic heterocycles. The average molecular weight is 412 g/mol. The van der Waals surface area contributed by atoms with Crippen molar-refractivity contribution in [2.45, 2.75) is 32.9 Å². The van der Waals surface area contributed by atoms with Crippen molar-refractivity contribution in [1.29, 1.82) is 0 Å². The van der Waals surface area contributed by atoms with Crippen LogP contribution < -0.4 is 5.32 Å². The van der Waals surface area contributed by atoms with E-state index in [1.54, 1.807) is 4.90 Å². The number of nitrogens with one attached hydrogen (secondary N) is 1. The molecule has 2 aromatic carbocycles. The highest BCUT2D eigenvalue weighted by molar-refractivity contribution is 5.85. The predicted molar refractivity (Wildman–Crippen MR) is 113 cm³/mol. The zero-order chi connectivity index (χ0) is 21.8. The Morgan fingerprint density at radius 2 is 1.43 bits per heavy atom. The van der Waals surface area contributed by atoms with Gasteiger partial charge in [0.05, 0.1) is 0 Å². The molecule has 0 fully saturated rings. The van der Waals surface area contributed by atoms with Gasteiger partial charge in [-0.3, -0.25) is 4.79 Å². The zero-order valence-electron chi connectivity index (χ0n) is 17.4. The van der Waals surface area contributed by atoms with Crippen LogP contribution in [0.1, 0.15) is 25.0 Å². The van der Waals surface area contributed by atoms with Crippen LogP contribution in [0.3, 0.4) is 0 Å². The van der Waals surface area contributed by atoms with E-state index in [4.69, 9.17) is 9.47 Å². The fourth-order valence-corrected chi connectivity index (χ4v) is 2.85. The summed E-state index contributed by atoms with van der Waals surface area (Å²) in [5, 5.41) is 2.56. The van der Waals surface area contributed by atoms with Crippen LogP contribution in [0.15, 0.2) is 60.7 Å². The van der Waals surface area contributed by atoms with Gasteiger partial charge in [-0.15, -0.1) is 0 Å². The third-order valence-corrected chi connectivity index (χ3v) is 4.53. The van der Waals surface area contributed by atoms with E-state index in [0.717, 1.165) is 11.1 Å². The van der Waals surface area contributed by atoms with E-state index in [2.05, 4.69) is 5.32 Å². The Hall–Kier alpha value is -3.35. The van der Waals surface area contributed by atoms with Crippen LogP contribution >= 0.6 is 0 Å². The number of hydrogen-bond donors (Lipinski definition) is 1. The monoisotopic (exact) mass is 412 g/mol. The van der Waals surface area contributed by atoms with E-state index in [-0.39, 0.29) is 25.5 Å². The van der Waals surface area contributed by atoms with E-state index < -0.39 is 18.1 Å². The number of carbonyl (C=O) groups excluding carboxylic acids is 3. The first-order chi connectivity index (χ1) is 14.5. The Kier molecular flexibility index (Phi) is 9.37. The number of benzene rings is 2. The number of nitrogens with zero attached hydrogens (tertiary/aromatic N) is 1. The number of alkyl carbamates (subject to hydrolysis) is 1. The Bertz CT molecular complexity index is 807. The van der Waals surface area contributed by atoms with Crippen LogP contribution in [0.4, 0.5) is 4.79 Å². The molecule has 0 saturated heterocycles. The molecule has 1 atom stereocenters. The molecule has 7 nitrogen and oxygen atoms in total. The van der Waals surface area contributed by atoms with E-state index in [0.29, 0.717) is 13.1 Å². The first-order valence-electron chi connectivity index (χ1n) is 9.99. The number of amides is 2. The van der Waals surface area contributed by atoms with Gasteiger partial charge in [0.25, 0.3) is 5.91 Å². The summed E-state index contributed by atoms with van der Waals surface area (Å²) in [5.41, 5.74) is 1.68. The molecule has 7 heteroatoms. The van der Waals surface area contributed by atoms with Crippen molar-refractivity contribution in [2.75, 3.05) is 19.7 Å². The van der Waals surface area contributed by atoms with Crippen molar-refractivity contribution in [2.24, 2.45) is 0 Å². The second-order valence-corrected chi connectivity index (χ2v) is 6.62. The quantitative estimate of drug-likeness (QED) is 0.607. The summed E-state index contributed by atoms with van der Waals surface area (Å²) >= 11 is 0. The Balaban J connectivity index is 1.97. The average Bonchev–Trinajstić information content (AvgIpc) is 2.78. The maximum Gasteiger partial charge on any atom is 0.408 e. The minimum atomic E-state index is -0.972. The van der Waals surface area contributed by atoms with Crippen molar-refractivity contribution in [3.8, 4) is 0 Å². The smallest absolute Gasteiger partial charge is 0.408 e. The summed E-state index contributed by atoms with van der Waals surface area (Å²) in [6.45, 7) is 4.49. The van der Waals surface area contributed by atoms with Crippen molar-refractivity contribution >= 4 is 18.0 Å². The van der Waals surface area contributed by atoms with Crippen LogP contribution in [-0.2, 0) is 32.1 Å². The molecule has 0 aliphatic rings. The van der Waals surface area contributed by atoms with Crippen LogP contribution in [0.5, 0.6) is 0 Å². The molecular weight excluding hydrogens is 384 g/mol. The van der Waals surface area contributed by atoms with Gasteiger partial charge in [-0.25, -0.2) is 9.59 Å². The highest BCUT2D eigenvalue weighted by atomic mass is 16.6. The fourth-order valence-electron chi connectivity index (χ4n) is 2.85. The number of carbonyl (C=O) groups is 3. The standard InChI is InChI=1S/C23H28N2O5/c1-3-25(4-2)21(26)17-29-22(27)20(15-18-11-7-5-8-12-18)24-23(28)30-16-19-13-9-6-10-14-19/h5-14,20H,3-4,15-17H2,1-2H3,(H,24,28)/t20-/m0/s1. The Labute approximate surface area is 177 Å². The highest BCUT2D eigenvalue weighted by Gasteiger charge is 2.25.